The van der Waals surface area contributed by atoms with Crippen molar-refractivity contribution in [3.05, 3.63) is 59.2 Å². The topological polar surface area (TPSA) is 129 Å². The van der Waals surface area contributed by atoms with Crippen LogP contribution in [0, 0.1) is 0 Å². The van der Waals surface area contributed by atoms with Crippen molar-refractivity contribution in [2.24, 2.45) is 0 Å². The summed E-state index contributed by atoms with van der Waals surface area (Å²) in [6.45, 7) is 3.63. The van der Waals surface area contributed by atoms with Crippen LogP contribution in [0.15, 0.2) is 47.4 Å². The fourth-order valence-electron chi connectivity index (χ4n) is 4.16. The number of carbonyl (C=O) groups is 2. The number of benzene rings is 2. The van der Waals surface area contributed by atoms with Gasteiger partial charge >= 0.3 is 29.6 Å². The van der Waals surface area contributed by atoms with Gasteiger partial charge in [-0.3, -0.25) is 4.79 Å². The second-order valence-electron chi connectivity index (χ2n) is 9.22. The van der Waals surface area contributed by atoms with Crippen molar-refractivity contribution in [2.45, 2.75) is 101 Å². The molecular formula is C29H41NaO6S. The molecule has 0 aliphatic heterocycles. The zero-order chi connectivity index (χ0) is 25.6. The van der Waals surface area contributed by atoms with Gasteiger partial charge in [-0.25, -0.2) is 0 Å². The fraction of sp³-hybridized carbons (Fsp3) is 0.517. The number of ketones is 1. The average Bonchev–Trinajstić information content (AvgIpc) is 2.82. The number of aromatic hydroxyl groups is 1. The number of thioether (sulfide) groups is 1. The van der Waals surface area contributed by atoms with Crippen molar-refractivity contribution in [1.82, 2.24) is 0 Å². The van der Waals surface area contributed by atoms with Crippen molar-refractivity contribution >= 4 is 23.5 Å². The Morgan fingerprint density at radius 3 is 2.14 bits per heavy atom. The third kappa shape index (κ3) is 13.3. The third-order valence-electron chi connectivity index (χ3n) is 6.22. The van der Waals surface area contributed by atoms with E-state index < -0.39 is 12.1 Å². The molecule has 0 aromatic heterocycles. The van der Waals surface area contributed by atoms with Crippen LogP contribution in [0.25, 0.3) is 0 Å². The van der Waals surface area contributed by atoms with Crippen LogP contribution < -0.4 is 34.7 Å². The van der Waals surface area contributed by atoms with Crippen molar-refractivity contribution in [1.29, 1.82) is 0 Å². The normalized spacial score (nSPS) is 12.2. The van der Waals surface area contributed by atoms with Gasteiger partial charge in [0.05, 0.1) is 16.9 Å². The fourth-order valence-corrected chi connectivity index (χ4v) is 5.37. The number of aryl methyl sites for hydroxylation is 1. The monoisotopic (exact) mass is 540 g/mol. The van der Waals surface area contributed by atoms with Crippen LogP contribution in [0.2, 0.25) is 0 Å². The van der Waals surface area contributed by atoms with E-state index in [1.165, 1.54) is 68.8 Å². The number of aliphatic hydroxyl groups excluding tert-OH is 1. The van der Waals surface area contributed by atoms with Gasteiger partial charge in [0.1, 0.15) is 5.75 Å². The minimum absolute atomic E-state index is 0. The molecule has 0 radical (unpaired) electrons. The first-order valence-electron chi connectivity index (χ1n) is 12.8. The van der Waals surface area contributed by atoms with E-state index in [-0.39, 0.29) is 63.8 Å². The van der Waals surface area contributed by atoms with Gasteiger partial charge in [0.15, 0.2) is 5.78 Å². The SMILES string of the molecule is CCCCCCCCCc1ccc(C(Sc2ccc(C(C)=O)c(O)c2)C(O)CCCC(=O)[O-])cc1.O.[Na+]. The number of hydrogen-bond donors (Lipinski definition) is 2. The summed E-state index contributed by atoms with van der Waals surface area (Å²) >= 11 is 1.40. The Kier molecular flexibility index (Phi) is 19.0. The number of aliphatic carboxylic acids is 1. The summed E-state index contributed by atoms with van der Waals surface area (Å²) in [5.41, 5.74) is 2.46. The van der Waals surface area contributed by atoms with Gasteiger partial charge < -0.3 is 25.6 Å². The first-order valence-corrected chi connectivity index (χ1v) is 13.7. The average molecular weight is 541 g/mol. The Hall–Kier alpha value is -1.35. The molecule has 0 fully saturated rings. The second kappa shape index (κ2) is 19.7. The van der Waals surface area contributed by atoms with Crippen molar-refractivity contribution in [3.8, 4) is 5.75 Å². The molecule has 0 bridgehead atoms. The van der Waals surface area contributed by atoms with Gasteiger partial charge in [-0.05, 0) is 68.4 Å². The molecule has 37 heavy (non-hydrogen) atoms. The first kappa shape index (κ1) is 35.6. The zero-order valence-electron chi connectivity index (χ0n) is 22.5. The Morgan fingerprint density at radius 2 is 1.57 bits per heavy atom. The molecule has 0 aliphatic rings. The van der Waals surface area contributed by atoms with Gasteiger partial charge in [-0.15, -0.1) is 11.8 Å². The zero-order valence-corrected chi connectivity index (χ0v) is 25.3. The van der Waals surface area contributed by atoms with E-state index in [2.05, 4.69) is 19.1 Å². The van der Waals surface area contributed by atoms with E-state index in [1.54, 1.807) is 12.1 Å². The second-order valence-corrected chi connectivity index (χ2v) is 10.4. The largest absolute Gasteiger partial charge is 1.00 e. The molecule has 2 aromatic rings. The maximum absolute atomic E-state index is 11.6. The van der Waals surface area contributed by atoms with E-state index in [0.717, 1.165) is 23.3 Å². The summed E-state index contributed by atoms with van der Waals surface area (Å²) in [6.07, 6.45) is 9.71. The quantitative estimate of drug-likeness (QED) is 0.137. The predicted octanol–water partition coefficient (Wildman–Crippen LogP) is 2.18. The van der Waals surface area contributed by atoms with Gasteiger partial charge in [-0.2, -0.15) is 0 Å². The molecule has 2 rings (SSSR count). The number of carboxylic acids is 1. The summed E-state index contributed by atoms with van der Waals surface area (Å²) < 4.78 is 0. The number of aliphatic hydroxyl groups is 1. The maximum Gasteiger partial charge on any atom is 1.00 e. The van der Waals surface area contributed by atoms with Gasteiger partial charge in [0, 0.05) is 10.9 Å². The summed E-state index contributed by atoms with van der Waals surface area (Å²) in [5, 5.41) is 31.6. The molecule has 0 saturated heterocycles. The van der Waals surface area contributed by atoms with Gasteiger partial charge in [0.25, 0.3) is 0 Å². The van der Waals surface area contributed by atoms with Gasteiger partial charge in [-0.1, -0.05) is 69.7 Å². The number of carbonyl (C=O) groups excluding carboxylic acids is 2. The minimum Gasteiger partial charge on any atom is -0.550 e. The Bertz CT molecular complexity index is 934. The van der Waals surface area contributed by atoms with Crippen molar-refractivity contribution in [2.75, 3.05) is 0 Å². The predicted molar refractivity (Wildman–Crippen MR) is 143 cm³/mol. The summed E-state index contributed by atoms with van der Waals surface area (Å²) in [6, 6.07) is 13.1. The molecule has 0 heterocycles. The third-order valence-corrected chi connectivity index (χ3v) is 7.59. The molecule has 4 N–H and O–H groups in total. The van der Waals surface area contributed by atoms with Crippen molar-refractivity contribution in [3.63, 3.8) is 0 Å². The van der Waals surface area contributed by atoms with Crippen LogP contribution in [0.3, 0.4) is 0 Å². The molecule has 0 amide bonds. The van der Waals surface area contributed by atoms with Crippen LogP contribution >= 0.6 is 11.8 Å². The number of phenols is 1. The van der Waals surface area contributed by atoms with E-state index in [0.29, 0.717) is 12.8 Å². The summed E-state index contributed by atoms with van der Waals surface area (Å²) in [7, 11) is 0. The molecule has 200 valence electrons. The minimum atomic E-state index is -1.12. The Balaban J connectivity index is 0.00000648. The molecule has 2 unspecified atom stereocenters. The molecular weight excluding hydrogens is 499 g/mol. The Morgan fingerprint density at radius 1 is 0.946 bits per heavy atom. The van der Waals surface area contributed by atoms with E-state index in [9.17, 15) is 24.9 Å². The van der Waals surface area contributed by atoms with E-state index in [1.807, 2.05) is 12.1 Å². The molecule has 2 aromatic carbocycles. The smallest absolute Gasteiger partial charge is 0.550 e. The maximum atomic E-state index is 11.6. The van der Waals surface area contributed by atoms with Crippen LogP contribution in [0.1, 0.15) is 105 Å². The van der Waals surface area contributed by atoms with E-state index >= 15 is 0 Å². The van der Waals surface area contributed by atoms with Crippen LogP contribution in [0.4, 0.5) is 0 Å². The molecule has 8 heteroatoms. The molecule has 0 aliphatic carbocycles. The number of unbranched alkanes of at least 4 members (excludes halogenated alkanes) is 6. The molecule has 0 saturated carbocycles. The van der Waals surface area contributed by atoms with Crippen LogP contribution in [-0.2, 0) is 11.2 Å². The van der Waals surface area contributed by atoms with Crippen LogP contribution in [0.5, 0.6) is 5.75 Å². The number of hydrogen-bond acceptors (Lipinski definition) is 6. The molecule has 0 spiro atoms. The summed E-state index contributed by atoms with van der Waals surface area (Å²) in [4.78, 5) is 23.1. The number of rotatable bonds is 17. The van der Waals surface area contributed by atoms with Crippen LogP contribution in [-0.4, -0.2) is 33.5 Å². The number of phenolic OH excluding ortho intramolecular Hbond substituents is 1. The summed E-state index contributed by atoms with van der Waals surface area (Å²) in [5.74, 6) is -1.42. The number of Topliss-reactive ketones (excluding diaryl/α,β-unsaturated/α-hetero) is 1. The van der Waals surface area contributed by atoms with E-state index in [4.69, 9.17) is 0 Å². The first-order chi connectivity index (χ1) is 16.8. The number of carboxylic acid groups (broad SMARTS) is 1. The van der Waals surface area contributed by atoms with Crippen molar-refractivity contribution < 1.29 is 59.9 Å². The standard InChI is InChI=1S/C29H40O5S.Na.H2O/c1-3-4-5-6-7-8-9-11-22-14-16-23(17-15-22)29(26(31)12-10-13-28(33)34)35-24-18-19-25(21(2)30)27(32)20-24;;/h14-20,26,29,31-32H,3-13H2,1-2H3,(H,33,34);;1H2/q;+1;/p-1. The van der Waals surface area contributed by atoms with Gasteiger partial charge in [0.2, 0.25) is 0 Å². The molecule has 6 nitrogen and oxygen atoms in total. The molecule has 2 atom stereocenters. The Labute approximate surface area is 247 Å².